The highest BCUT2D eigenvalue weighted by molar-refractivity contribution is 9.10. The minimum absolute atomic E-state index is 0.174. The topological polar surface area (TPSA) is 38.0 Å². The van der Waals surface area contributed by atoms with Gasteiger partial charge in [-0.15, -0.1) is 0 Å². The molecule has 0 unspecified atom stereocenters. The number of aromatic hydroxyl groups is 1. The van der Waals surface area contributed by atoms with Gasteiger partial charge in [0.2, 0.25) is 0 Å². The van der Waals surface area contributed by atoms with Gasteiger partial charge in [0, 0.05) is 7.05 Å². The summed E-state index contributed by atoms with van der Waals surface area (Å²) in [6.07, 6.45) is 1.52. The second-order valence-corrected chi connectivity index (χ2v) is 2.23. The van der Waals surface area contributed by atoms with Crippen LogP contribution in [0.4, 0.5) is 0 Å². The predicted molar refractivity (Wildman–Crippen MR) is 32.6 cm³/mol. The van der Waals surface area contributed by atoms with Crippen molar-refractivity contribution in [1.29, 1.82) is 0 Å². The minimum atomic E-state index is 0.174. The molecule has 0 spiro atoms. The third kappa shape index (κ3) is 0.838. The van der Waals surface area contributed by atoms with Crippen LogP contribution in [0.2, 0.25) is 0 Å². The van der Waals surface area contributed by atoms with Gasteiger partial charge in [-0.2, -0.15) is 5.10 Å². The highest BCUT2D eigenvalue weighted by Crippen LogP contribution is 2.19. The molecule has 0 aliphatic heterocycles. The molecule has 8 heavy (non-hydrogen) atoms. The molecule has 0 aliphatic rings. The second-order valence-electron chi connectivity index (χ2n) is 1.48. The lowest BCUT2D eigenvalue weighted by Crippen LogP contribution is -1.84. The molecule has 0 radical (unpaired) electrons. The first-order valence-electron chi connectivity index (χ1n) is 2.08. The van der Waals surface area contributed by atoms with E-state index >= 15 is 0 Å². The first-order valence-corrected chi connectivity index (χ1v) is 2.87. The Morgan fingerprint density at radius 2 is 2.50 bits per heavy atom. The maximum atomic E-state index is 8.81. The molecule has 0 saturated carbocycles. The third-order valence-corrected chi connectivity index (χ3v) is 1.33. The van der Waals surface area contributed by atoms with Gasteiger partial charge in [0.05, 0.1) is 6.20 Å². The molecular weight excluding hydrogens is 172 g/mol. The van der Waals surface area contributed by atoms with Crippen LogP contribution in [0.3, 0.4) is 0 Å². The van der Waals surface area contributed by atoms with Crippen LogP contribution in [-0.4, -0.2) is 14.9 Å². The standard InChI is InChI=1S/C4H5BrN2O/c1-7-2-3(8)4(5)6-7/h2,8H,1H3. The Balaban J connectivity index is 3.14. The lowest BCUT2D eigenvalue weighted by atomic mass is 10.7. The number of aryl methyl sites for hydroxylation is 1. The summed E-state index contributed by atoms with van der Waals surface area (Å²) in [5.74, 6) is 0.174. The third-order valence-electron chi connectivity index (χ3n) is 0.766. The largest absolute Gasteiger partial charge is 0.504 e. The number of halogens is 1. The Morgan fingerprint density at radius 3 is 2.62 bits per heavy atom. The number of rotatable bonds is 0. The summed E-state index contributed by atoms with van der Waals surface area (Å²) in [6, 6.07) is 0. The van der Waals surface area contributed by atoms with Crippen LogP contribution < -0.4 is 0 Å². The van der Waals surface area contributed by atoms with E-state index in [-0.39, 0.29) is 5.75 Å². The summed E-state index contributed by atoms with van der Waals surface area (Å²) < 4.78 is 2.01. The normalized spacial score (nSPS) is 9.75. The van der Waals surface area contributed by atoms with Crippen LogP contribution >= 0.6 is 15.9 Å². The molecule has 1 aromatic rings. The Labute approximate surface area is 55.1 Å². The first-order chi connectivity index (χ1) is 3.70. The molecule has 0 aromatic carbocycles. The first kappa shape index (κ1) is 5.62. The summed E-state index contributed by atoms with van der Waals surface area (Å²) in [6.45, 7) is 0. The molecule has 0 saturated heterocycles. The maximum Gasteiger partial charge on any atom is 0.169 e. The van der Waals surface area contributed by atoms with Gasteiger partial charge in [0.1, 0.15) is 0 Å². The SMILES string of the molecule is Cn1cc(O)c(Br)n1. The van der Waals surface area contributed by atoms with E-state index in [1.807, 2.05) is 0 Å². The van der Waals surface area contributed by atoms with Gasteiger partial charge in [-0.1, -0.05) is 0 Å². The second kappa shape index (κ2) is 1.78. The highest BCUT2D eigenvalue weighted by Gasteiger charge is 1.98. The number of hydrogen-bond donors (Lipinski definition) is 1. The van der Waals surface area contributed by atoms with Gasteiger partial charge in [0.25, 0.3) is 0 Å². The van der Waals surface area contributed by atoms with Gasteiger partial charge in [-0.05, 0) is 15.9 Å². The summed E-state index contributed by atoms with van der Waals surface area (Å²) in [4.78, 5) is 0. The van der Waals surface area contributed by atoms with Crippen molar-refractivity contribution < 1.29 is 5.11 Å². The molecule has 1 N–H and O–H groups in total. The van der Waals surface area contributed by atoms with Crippen molar-refractivity contribution in [2.75, 3.05) is 0 Å². The van der Waals surface area contributed by atoms with Gasteiger partial charge >= 0.3 is 0 Å². The number of nitrogens with zero attached hydrogens (tertiary/aromatic N) is 2. The maximum absolute atomic E-state index is 8.81. The average Bonchev–Trinajstić information content (AvgIpc) is 1.85. The van der Waals surface area contributed by atoms with Gasteiger partial charge in [0.15, 0.2) is 10.4 Å². The van der Waals surface area contributed by atoms with E-state index in [1.54, 1.807) is 7.05 Å². The van der Waals surface area contributed by atoms with Crippen LogP contribution in [0.5, 0.6) is 5.75 Å². The van der Waals surface area contributed by atoms with Crippen molar-refractivity contribution in [3.63, 3.8) is 0 Å². The summed E-state index contributed by atoms with van der Waals surface area (Å²) in [5.41, 5.74) is 0. The zero-order valence-electron chi connectivity index (χ0n) is 4.30. The Hall–Kier alpha value is -0.510. The van der Waals surface area contributed by atoms with Crippen molar-refractivity contribution in [1.82, 2.24) is 9.78 Å². The molecule has 0 atom stereocenters. The Kier molecular flexibility index (Phi) is 1.25. The van der Waals surface area contributed by atoms with Crippen LogP contribution in [0.15, 0.2) is 10.8 Å². The lowest BCUT2D eigenvalue weighted by Gasteiger charge is -1.78. The van der Waals surface area contributed by atoms with Crippen molar-refractivity contribution >= 4 is 15.9 Å². The fraction of sp³-hybridized carbons (Fsp3) is 0.250. The average molecular weight is 177 g/mol. The van der Waals surface area contributed by atoms with Crippen molar-refractivity contribution in [2.45, 2.75) is 0 Å². The van der Waals surface area contributed by atoms with Crippen LogP contribution in [0, 0.1) is 0 Å². The highest BCUT2D eigenvalue weighted by atomic mass is 79.9. The fourth-order valence-corrected chi connectivity index (χ4v) is 0.801. The Morgan fingerprint density at radius 1 is 1.88 bits per heavy atom. The molecule has 0 amide bonds. The smallest absolute Gasteiger partial charge is 0.169 e. The molecule has 0 aliphatic carbocycles. The zero-order valence-corrected chi connectivity index (χ0v) is 5.88. The van der Waals surface area contributed by atoms with Gasteiger partial charge in [-0.25, -0.2) is 0 Å². The van der Waals surface area contributed by atoms with Crippen LogP contribution in [0.25, 0.3) is 0 Å². The quantitative estimate of drug-likeness (QED) is 0.638. The Bertz CT molecular complexity index is 176. The molecule has 1 heterocycles. The lowest BCUT2D eigenvalue weighted by molar-refractivity contribution is 0.471. The van der Waals surface area contributed by atoms with Gasteiger partial charge in [-0.3, -0.25) is 4.68 Å². The van der Waals surface area contributed by atoms with E-state index in [0.717, 1.165) is 0 Å². The van der Waals surface area contributed by atoms with E-state index in [4.69, 9.17) is 5.11 Å². The molecule has 44 valence electrons. The summed E-state index contributed by atoms with van der Waals surface area (Å²) >= 11 is 3.03. The van der Waals surface area contributed by atoms with Crippen molar-refractivity contribution in [2.24, 2.45) is 7.05 Å². The molecule has 1 aromatic heterocycles. The molecule has 1 rings (SSSR count). The van der Waals surface area contributed by atoms with E-state index in [2.05, 4.69) is 21.0 Å². The molecular formula is C4H5BrN2O. The zero-order chi connectivity index (χ0) is 6.15. The van der Waals surface area contributed by atoms with Crippen molar-refractivity contribution in [3.05, 3.63) is 10.8 Å². The monoisotopic (exact) mass is 176 g/mol. The predicted octanol–water partition coefficient (Wildman–Crippen LogP) is 0.888. The van der Waals surface area contributed by atoms with Crippen LogP contribution in [0.1, 0.15) is 0 Å². The molecule has 0 fully saturated rings. The van der Waals surface area contributed by atoms with Crippen molar-refractivity contribution in [3.8, 4) is 5.75 Å². The number of aromatic nitrogens is 2. The van der Waals surface area contributed by atoms with Gasteiger partial charge < -0.3 is 5.11 Å². The van der Waals surface area contributed by atoms with E-state index in [9.17, 15) is 0 Å². The van der Waals surface area contributed by atoms with Crippen LogP contribution in [-0.2, 0) is 7.05 Å². The number of hydrogen-bond acceptors (Lipinski definition) is 2. The minimum Gasteiger partial charge on any atom is -0.504 e. The summed E-state index contributed by atoms with van der Waals surface area (Å²) in [7, 11) is 1.74. The molecule has 3 nitrogen and oxygen atoms in total. The molecule has 4 heteroatoms. The van der Waals surface area contributed by atoms with E-state index < -0.39 is 0 Å². The van der Waals surface area contributed by atoms with E-state index in [1.165, 1.54) is 10.9 Å². The molecule has 0 bridgehead atoms. The fourth-order valence-electron chi connectivity index (χ4n) is 0.449. The van der Waals surface area contributed by atoms with E-state index in [0.29, 0.717) is 4.60 Å². The summed E-state index contributed by atoms with van der Waals surface area (Å²) in [5, 5.41) is 12.6.